The number of rotatable bonds is 5. The van der Waals surface area contributed by atoms with Crippen LogP contribution in [-0.2, 0) is 19.7 Å². The van der Waals surface area contributed by atoms with Crippen molar-refractivity contribution in [3.05, 3.63) is 0 Å². The Morgan fingerprint density at radius 1 is 1.28 bits per heavy atom. The second kappa shape index (κ2) is 6.46. The van der Waals surface area contributed by atoms with E-state index < -0.39 is 10.2 Å². The SMILES string of the molecule is CC(=O)NCCNS(=O)(=O)N1C[C@H](C)O[C@@H](C)C1. The van der Waals surface area contributed by atoms with Gasteiger partial charge in [0.05, 0.1) is 12.2 Å². The highest BCUT2D eigenvalue weighted by molar-refractivity contribution is 7.87. The molecule has 1 fully saturated rings. The van der Waals surface area contributed by atoms with Crippen LogP contribution in [0.1, 0.15) is 20.8 Å². The third kappa shape index (κ3) is 4.89. The van der Waals surface area contributed by atoms with Crippen molar-refractivity contribution in [1.29, 1.82) is 0 Å². The Morgan fingerprint density at radius 2 is 1.83 bits per heavy atom. The fraction of sp³-hybridized carbons (Fsp3) is 0.900. The van der Waals surface area contributed by atoms with E-state index in [0.717, 1.165) is 0 Å². The second-order valence-electron chi connectivity index (χ2n) is 4.46. The lowest BCUT2D eigenvalue weighted by Crippen LogP contribution is -2.52. The number of amides is 1. The predicted octanol–water partition coefficient (Wildman–Crippen LogP) is -0.934. The number of nitrogens with one attached hydrogen (secondary N) is 2. The quantitative estimate of drug-likeness (QED) is 0.636. The maximum Gasteiger partial charge on any atom is 0.279 e. The van der Waals surface area contributed by atoms with Crippen molar-refractivity contribution in [1.82, 2.24) is 14.3 Å². The molecule has 18 heavy (non-hydrogen) atoms. The summed E-state index contributed by atoms with van der Waals surface area (Å²) in [6, 6.07) is 0. The summed E-state index contributed by atoms with van der Waals surface area (Å²) in [7, 11) is -3.50. The molecule has 2 atom stereocenters. The van der Waals surface area contributed by atoms with Crippen molar-refractivity contribution in [2.75, 3.05) is 26.2 Å². The van der Waals surface area contributed by atoms with Gasteiger partial charge in [0, 0.05) is 33.1 Å². The minimum atomic E-state index is -3.50. The Balaban J connectivity index is 2.45. The molecule has 0 bridgehead atoms. The second-order valence-corrected chi connectivity index (χ2v) is 6.21. The average Bonchev–Trinajstić information content (AvgIpc) is 2.23. The first-order chi connectivity index (χ1) is 8.31. The van der Waals surface area contributed by atoms with Crippen molar-refractivity contribution < 1.29 is 17.9 Å². The van der Waals surface area contributed by atoms with Crippen molar-refractivity contribution in [3.8, 4) is 0 Å². The fourth-order valence-electron chi connectivity index (χ4n) is 1.84. The van der Waals surface area contributed by atoms with Gasteiger partial charge in [-0.15, -0.1) is 0 Å². The van der Waals surface area contributed by atoms with Gasteiger partial charge in [-0.2, -0.15) is 12.7 Å². The van der Waals surface area contributed by atoms with Gasteiger partial charge >= 0.3 is 0 Å². The fourth-order valence-corrected chi connectivity index (χ4v) is 3.19. The first-order valence-corrected chi connectivity index (χ1v) is 7.40. The van der Waals surface area contributed by atoms with Crippen LogP contribution in [0, 0.1) is 0 Å². The zero-order valence-corrected chi connectivity index (χ0v) is 11.8. The monoisotopic (exact) mass is 279 g/mol. The van der Waals surface area contributed by atoms with Crippen LogP contribution in [0.4, 0.5) is 0 Å². The van der Waals surface area contributed by atoms with E-state index in [4.69, 9.17) is 4.74 Å². The molecule has 1 aliphatic heterocycles. The summed E-state index contributed by atoms with van der Waals surface area (Å²) in [5.74, 6) is -0.178. The summed E-state index contributed by atoms with van der Waals surface area (Å²) in [5, 5.41) is 2.53. The molecule has 2 N–H and O–H groups in total. The van der Waals surface area contributed by atoms with E-state index in [1.165, 1.54) is 11.2 Å². The highest BCUT2D eigenvalue weighted by atomic mass is 32.2. The number of carbonyl (C=O) groups is 1. The molecule has 0 spiro atoms. The Kier molecular flexibility index (Phi) is 5.51. The first-order valence-electron chi connectivity index (χ1n) is 5.96. The molecular weight excluding hydrogens is 258 g/mol. The lowest BCUT2D eigenvalue weighted by Gasteiger charge is -2.34. The molecule has 8 heteroatoms. The van der Waals surface area contributed by atoms with Gasteiger partial charge in [-0.25, -0.2) is 4.72 Å². The van der Waals surface area contributed by atoms with Gasteiger partial charge in [-0.1, -0.05) is 0 Å². The first kappa shape index (κ1) is 15.4. The molecule has 0 aromatic rings. The molecule has 0 aliphatic carbocycles. The number of hydrogen-bond donors (Lipinski definition) is 2. The third-order valence-corrected chi connectivity index (χ3v) is 4.06. The van der Waals surface area contributed by atoms with Gasteiger partial charge in [-0.3, -0.25) is 4.79 Å². The van der Waals surface area contributed by atoms with Gasteiger partial charge in [-0.05, 0) is 13.8 Å². The highest BCUT2D eigenvalue weighted by Gasteiger charge is 2.30. The minimum absolute atomic E-state index is 0.110. The molecule has 1 rings (SSSR count). The minimum Gasteiger partial charge on any atom is -0.373 e. The predicted molar refractivity (Wildman–Crippen MR) is 67.2 cm³/mol. The average molecular weight is 279 g/mol. The van der Waals surface area contributed by atoms with E-state index in [9.17, 15) is 13.2 Å². The lowest BCUT2D eigenvalue weighted by atomic mass is 10.3. The van der Waals surface area contributed by atoms with Crippen LogP contribution in [0.3, 0.4) is 0 Å². The number of carbonyl (C=O) groups excluding carboxylic acids is 1. The maximum absolute atomic E-state index is 12.0. The Labute approximate surface area is 108 Å². The molecular formula is C10H21N3O4S. The maximum atomic E-state index is 12.0. The number of nitrogens with zero attached hydrogens (tertiary/aromatic N) is 1. The van der Waals surface area contributed by atoms with Crippen molar-refractivity contribution in [2.24, 2.45) is 0 Å². The lowest BCUT2D eigenvalue weighted by molar-refractivity contribution is -0.118. The standard InChI is InChI=1S/C10H21N3O4S/c1-8-6-13(7-9(2)17-8)18(15,16)12-5-4-11-10(3)14/h8-9,12H,4-7H2,1-3H3,(H,11,14)/t8-,9-/m0/s1. The highest BCUT2D eigenvalue weighted by Crippen LogP contribution is 2.13. The summed E-state index contributed by atoms with van der Waals surface area (Å²) in [4.78, 5) is 10.6. The summed E-state index contributed by atoms with van der Waals surface area (Å²) in [6.07, 6.45) is -0.221. The zero-order valence-electron chi connectivity index (χ0n) is 11.0. The van der Waals surface area contributed by atoms with Crippen molar-refractivity contribution in [3.63, 3.8) is 0 Å². The Hall–Kier alpha value is -0.700. The van der Waals surface area contributed by atoms with Gasteiger partial charge in [0.1, 0.15) is 0 Å². The van der Waals surface area contributed by atoms with Crippen LogP contribution in [0.2, 0.25) is 0 Å². The van der Waals surface area contributed by atoms with Gasteiger partial charge < -0.3 is 10.1 Å². The van der Waals surface area contributed by atoms with Gasteiger partial charge in [0.25, 0.3) is 10.2 Å². The topological polar surface area (TPSA) is 87.7 Å². The molecule has 0 saturated carbocycles. The van der Waals surface area contributed by atoms with Gasteiger partial charge in [0.15, 0.2) is 0 Å². The van der Waals surface area contributed by atoms with Crippen molar-refractivity contribution in [2.45, 2.75) is 33.0 Å². The number of ether oxygens (including phenoxy) is 1. The molecule has 1 amide bonds. The molecule has 0 aromatic heterocycles. The molecule has 1 saturated heterocycles. The summed E-state index contributed by atoms with van der Waals surface area (Å²) in [6.45, 7) is 6.23. The summed E-state index contributed by atoms with van der Waals surface area (Å²) >= 11 is 0. The molecule has 106 valence electrons. The molecule has 0 unspecified atom stereocenters. The van der Waals surface area contributed by atoms with E-state index in [0.29, 0.717) is 13.1 Å². The van der Waals surface area contributed by atoms with Crippen LogP contribution in [0.25, 0.3) is 0 Å². The largest absolute Gasteiger partial charge is 0.373 e. The number of morpholine rings is 1. The molecule has 0 aromatic carbocycles. The van der Waals surface area contributed by atoms with Crippen LogP contribution in [0.15, 0.2) is 0 Å². The molecule has 1 aliphatic rings. The van der Waals surface area contributed by atoms with Crippen molar-refractivity contribution >= 4 is 16.1 Å². The van der Waals surface area contributed by atoms with E-state index >= 15 is 0 Å². The van der Waals surface area contributed by atoms with Crippen LogP contribution >= 0.6 is 0 Å². The molecule has 0 radical (unpaired) electrons. The summed E-state index contributed by atoms with van der Waals surface area (Å²) in [5.41, 5.74) is 0. The summed E-state index contributed by atoms with van der Waals surface area (Å²) < 4.78 is 33.2. The Bertz CT molecular complexity index is 375. The Morgan fingerprint density at radius 3 is 2.33 bits per heavy atom. The number of hydrogen-bond acceptors (Lipinski definition) is 4. The van der Waals surface area contributed by atoms with E-state index in [1.54, 1.807) is 0 Å². The van der Waals surface area contributed by atoms with Crippen LogP contribution in [-0.4, -0.2) is 57.0 Å². The van der Waals surface area contributed by atoms with Gasteiger partial charge in [0.2, 0.25) is 5.91 Å². The van der Waals surface area contributed by atoms with E-state index in [1.807, 2.05) is 13.8 Å². The van der Waals surface area contributed by atoms with Crippen LogP contribution in [0.5, 0.6) is 0 Å². The zero-order chi connectivity index (χ0) is 13.8. The van der Waals surface area contributed by atoms with Crippen LogP contribution < -0.4 is 10.0 Å². The molecule has 7 nitrogen and oxygen atoms in total. The van der Waals surface area contributed by atoms with E-state index in [2.05, 4.69) is 10.0 Å². The normalized spacial score (nSPS) is 25.9. The van der Waals surface area contributed by atoms with E-state index in [-0.39, 0.29) is 31.2 Å². The molecule has 1 heterocycles. The third-order valence-electron chi connectivity index (χ3n) is 2.51. The smallest absolute Gasteiger partial charge is 0.279 e.